The molecule has 3 aliphatic rings. The second-order valence-electron chi connectivity index (χ2n) is 7.43. The van der Waals surface area contributed by atoms with Crippen molar-refractivity contribution in [3.8, 4) is 0 Å². The van der Waals surface area contributed by atoms with Crippen LogP contribution in [0.15, 0.2) is 18.2 Å². The number of fused-ring (bicyclic) bond motifs is 1. The molecule has 3 saturated heterocycles. The Bertz CT molecular complexity index is 706. The van der Waals surface area contributed by atoms with Gasteiger partial charge in [-0.2, -0.15) is 0 Å². The van der Waals surface area contributed by atoms with E-state index in [0.29, 0.717) is 32.1 Å². The van der Waals surface area contributed by atoms with Crippen LogP contribution >= 0.6 is 0 Å². The molecule has 2 amide bonds. The van der Waals surface area contributed by atoms with Crippen molar-refractivity contribution >= 4 is 17.5 Å². The maximum atomic E-state index is 13.5. The van der Waals surface area contributed by atoms with Crippen molar-refractivity contribution in [1.29, 1.82) is 0 Å². The Morgan fingerprint density at radius 1 is 0.962 bits per heavy atom. The average Bonchev–Trinajstić information content (AvgIpc) is 3.01. The van der Waals surface area contributed by atoms with E-state index in [4.69, 9.17) is 0 Å². The molecule has 0 unspecified atom stereocenters. The van der Waals surface area contributed by atoms with Gasteiger partial charge in [-0.05, 0) is 37.9 Å². The van der Waals surface area contributed by atoms with Gasteiger partial charge >= 0.3 is 0 Å². The van der Waals surface area contributed by atoms with E-state index in [1.54, 1.807) is 0 Å². The maximum absolute atomic E-state index is 13.5. The zero-order valence-corrected chi connectivity index (χ0v) is 14.7. The molecule has 3 aliphatic heterocycles. The van der Waals surface area contributed by atoms with Gasteiger partial charge in [0.05, 0.1) is 0 Å². The number of anilines is 1. The van der Waals surface area contributed by atoms with Crippen LogP contribution in [0.5, 0.6) is 0 Å². The molecule has 0 radical (unpaired) electrons. The number of nitrogens with zero attached hydrogens (tertiary/aromatic N) is 3. The summed E-state index contributed by atoms with van der Waals surface area (Å²) in [5, 5.41) is 0. The van der Waals surface area contributed by atoms with E-state index in [1.165, 1.54) is 17.7 Å². The summed E-state index contributed by atoms with van der Waals surface area (Å²) in [6, 6.07) is 3.44. The van der Waals surface area contributed by atoms with Crippen molar-refractivity contribution in [2.75, 3.05) is 37.6 Å². The quantitative estimate of drug-likeness (QED) is 0.755. The predicted molar refractivity (Wildman–Crippen MR) is 92.6 cm³/mol. The molecule has 26 heavy (non-hydrogen) atoms. The molecule has 4 rings (SSSR count). The number of rotatable bonds is 2. The monoisotopic (exact) mass is 363 g/mol. The number of piperazine rings is 1. The first-order valence-corrected chi connectivity index (χ1v) is 9.33. The lowest BCUT2D eigenvalue weighted by atomic mass is 9.98. The van der Waals surface area contributed by atoms with Gasteiger partial charge in [0.25, 0.3) is 0 Å². The highest BCUT2D eigenvalue weighted by Gasteiger charge is 2.41. The zero-order chi connectivity index (χ0) is 18.3. The second-order valence-corrected chi connectivity index (χ2v) is 7.43. The highest BCUT2D eigenvalue weighted by Crippen LogP contribution is 2.29. The van der Waals surface area contributed by atoms with E-state index in [0.717, 1.165) is 37.7 Å². The van der Waals surface area contributed by atoms with Crippen molar-refractivity contribution in [2.45, 2.75) is 31.7 Å². The second kappa shape index (κ2) is 6.95. The summed E-state index contributed by atoms with van der Waals surface area (Å²) in [4.78, 5) is 31.2. The number of hydrogen-bond donors (Lipinski definition) is 0. The SMILES string of the molecule is O=C([C@H]1CCN(c2cc(F)cc(F)c2)C1=O)N1CCN2CCCC[C@H]2C1. The summed E-state index contributed by atoms with van der Waals surface area (Å²) in [7, 11) is 0. The Morgan fingerprint density at radius 3 is 2.50 bits per heavy atom. The molecule has 1 aromatic rings. The number of carbonyl (C=O) groups is 2. The number of benzene rings is 1. The Labute approximate surface area is 151 Å². The maximum Gasteiger partial charge on any atom is 0.239 e. The van der Waals surface area contributed by atoms with Gasteiger partial charge < -0.3 is 9.80 Å². The van der Waals surface area contributed by atoms with Crippen LogP contribution in [0.25, 0.3) is 0 Å². The molecule has 0 N–H and O–H groups in total. The fourth-order valence-electron chi connectivity index (χ4n) is 4.44. The van der Waals surface area contributed by atoms with Crippen LogP contribution in [0.4, 0.5) is 14.5 Å². The number of hydrogen-bond acceptors (Lipinski definition) is 3. The molecule has 3 heterocycles. The van der Waals surface area contributed by atoms with Crippen molar-refractivity contribution in [3.05, 3.63) is 29.8 Å². The highest BCUT2D eigenvalue weighted by molar-refractivity contribution is 6.09. The van der Waals surface area contributed by atoms with Crippen molar-refractivity contribution < 1.29 is 18.4 Å². The number of halogens is 2. The van der Waals surface area contributed by atoms with Crippen LogP contribution in [0.1, 0.15) is 25.7 Å². The normalized spacial score (nSPS) is 26.9. The number of piperidine rings is 1. The van der Waals surface area contributed by atoms with Gasteiger partial charge in [-0.15, -0.1) is 0 Å². The molecule has 3 fully saturated rings. The Morgan fingerprint density at radius 2 is 1.73 bits per heavy atom. The Balaban J connectivity index is 1.45. The molecule has 0 spiro atoms. The molecule has 0 saturated carbocycles. The highest BCUT2D eigenvalue weighted by atomic mass is 19.1. The molecule has 5 nitrogen and oxygen atoms in total. The molecule has 140 valence electrons. The van der Waals surface area contributed by atoms with Gasteiger partial charge in [0.2, 0.25) is 11.8 Å². The summed E-state index contributed by atoms with van der Waals surface area (Å²) < 4.78 is 26.9. The van der Waals surface area contributed by atoms with Gasteiger partial charge in [0.1, 0.15) is 17.6 Å². The minimum Gasteiger partial charge on any atom is -0.339 e. The summed E-state index contributed by atoms with van der Waals surface area (Å²) in [6.07, 6.45) is 3.88. The third kappa shape index (κ3) is 3.20. The third-order valence-corrected chi connectivity index (χ3v) is 5.81. The van der Waals surface area contributed by atoms with Crippen LogP contribution in [0.3, 0.4) is 0 Å². The van der Waals surface area contributed by atoms with Gasteiger partial charge in [0, 0.05) is 44.0 Å². The minimum atomic E-state index is -0.739. The smallest absolute Gasteiger partial charge is 0.239 e. The van der Waals surface area contributed by atoms with Crippen LogP contribution in [-0.4, -0.2) is 60.4 Å². The van der Waals surface area contributed by atoms with Crippen LogP contribution < -0.4 is 4.90 Å². The third-order valence-electron chi connectivity index (χ3n) is 5.81. The molecule has 1 aromatic carbocycles. The molecular formula is C19H23F2N3O2. The first kappa shape index (κ1) is 17.4. The van der Waals surface area contributed by atoms with Gasteiger partial charge in [0.15, 0.2) is 0 Å². The molecule has 0 aromatic heterocycles. The van der Waals surface area contributed by atoms with Crippen LogP contribution in [0.2, 0.25) is 0 Å². The van der Waals surface area contributed by atoms with Gasteiger partial charge in [-0.3, -0.25) is 14.5 Å². The van der Waals surface area contributed by atoms with E-state index in [-0.39, 0.29) is 17.5 Å². The summed E-state index contributed by atoms with van der Waals surface area (Å²) in [5.41, 5.74) is 0.180. The molecule has 0 aliphatic carbocycles. The summed E-state index contributed by atoms with van der Waals surface area (Å²) in [6.45, 7) is 3.58. The minimum absolute atomic E-state index is 0.139. The topological polar surface area (TPSA) is 43.9 Å². The van der Waals surface area contributed by atoms with E-state index < -0.39 is 17.6 Å². The Hall–Kier alpha value is -2.02. The number of carbonyl (C=O) groups excluding carboxylic acids is 2. The fraction of sp³-hybridized carbons (Fsp3) is 0.579. The van der Waals surface area contributed by atoms with E-state index >= 15 is 0 Å². The number of amides is 2. The molecule has 0 bridgehead atoms. The standard InChI is InChI=1S/C19H23F2N3O2/c20-13-9-14(21)11-16(10-13)24-6-4-17(19(24)26)18(25)23-8-7-22-5-2-1-3-15(22)12-23/h9-11,15,17H,1-8,12H2/t15-,17+/m0/s1. The van der Waals surface area contributed by atoms with E-state index in [2.05, 4.69) is 4.90 Å². The molecule has 2 atom stereocenters. The van der Waals surface area contributed by atoms with Crippen LogP contribution in [-0.2, 0) is 9.59 Å². The Kier molecular flexibility index (Phi) is 4.65. The van der Waals surface area contributed by atoms with Gasteiger partial charge in [-0.1, -0.05) is 6.42 Å². The van der Waals surface area contributed by atoms with E-state index in [1.807, 2.05) is 4.90 Å². The zero-order valence-electron chi connectivity index (χ0n) is 14.7. The van der Waals surface area contributed by atoms with Crippen LogP contribution in [0, 0.1) is 17.6 Å². The first-order valence-electron chi connectivity index (χ1n) is 9.33. The lowest BCUT2D eigenvalue weighted by molar-refractivity contribution is -0.142. The summed E-state index contributed by atoms with van der Waals surface area (Å²) >= 11 is 0. The molecular weight excluding hydrogens is 340 g/mol. The van der Waals surface area contributed by atoms with Crippen molar-refractivity contribution in [1.82, 2.24) is 9.80 Å². The van der Waals surface area contributed by atoms with Crippen molar-refractivity contribution in [3.63, 3.8) is 0 Å². The average molecular weight is 363 g/mol. The lowest BCUT2D eigenvalue weighted by Crippen LogP contribution is -2.57. The first-order chi connectivity index (χ1) is 12.5. The largest absolute Gasteiger partial charge is 0.339 e. The predicted octanol–water partition coefficient (Wildman–Crippen LogP) is 2.01. The van der Waals surface area contributed by atoms with E-state index in [9.17, 15) is 18.4 Å². The van der Waals surface area contributed by atoms with Crippen molar-refractivity contribution in [2.24, 2.45) is 5.92 Å². The molecule has 7 heteroatoms. The summed E-state index contributed by atoms with van der Waals surface area (Å²) in [5.74, 6) is -2.69. The fourth-order valence-corrected chi connectivity index (χ4v) is 4.44. The lowest BCUT2D eigenvalue weighted by Gasteiger charge is -2.44. The van der Waals surface area contributed by atoms with Gasteiger partial charge in [-0.25, -0.2) is 8.78 Å².